The van der Waals surface area contributed by atoms with Gasteiger partial charge in [-0.3, -0.25) is 0 Å². The van der Waals surface area contributed by atoms with Gasteiger partial charge in [-0.2, -0.15) is 4.31 Å². The van der Waals surface area contributed by atoms with Crippen LogP contribution in [0.2, 0.25) is 0 Å². The Morgan fingerprint density at radius 1 is 1.58 bits per heavy atom. The first-order valence-corrected chi connectivity index (χ1v) is 9.19. The van der Waals surface area contributed by atoms with E-state index in [0.29, 0.717) is 0 Å². The van der Waals surface area contributed by atoms with Gasteiger partial charge in [0.1, 0.15) is 0 Å². The van der Waals surface area contributed by atoms with Gasteiger partial charge < -0.3 is 5.32 Å². The summed E-state index contributed by atoms with van der Waals surface area (Å²) in [5.41, 5.74) is 0. The highest BCUT2D eigenvalue weighted by atomic mass is 32.2. The largest absolute Gasteiger partial charge is 0.316 e. The van der Waals surface area contributed by atoms with Crippen molar-refractivity contribution in [1.82, 2.24) is 9.62 Å². The molecule has 1 saturated heterocycles. The normalized spacial score (nSPS) is 22.6. The maximum Gasteiger partial charge on any atom is 0.214 e. The van der Waals surface area contributed by atoms with E-state index in [1.165, 1.54) is 4.31 Å². The maximum atomic E-state index is 12.4. The van der Waals surface area contributed by atoms with Crippen molar-refractivity contribution < 1.29 is 8.42 Å². The molecular formula is C13H22N2O2S2. The molecule has 0 radical (unpaired) electrons. The molecule has 108 valence electrons. The predicted octanol–water partition coefficient (Wildman–Crippen LogP) is 2.07. The molecule has 0 aliphatic carbocycles. The smallest absolute Gasteiger partial charge is 0.214 e. The number of rotatable bonds is 5. The van der Waals surface area contributed by atoms with E-state index >= 15 is 0 Å². The van der Waals surface area contributed by atoms with Crippen LogP contribution in [0, 0.1) is 5.92 Å². The third-order valence-corrected chi connectivity index (χ3v) is 6.91. The lowest BCUT2D eigenvalue weighted by Gasteiger charge is -2.28. The van der Waals surface area contributed by atoms with E-state index in [-0.39, 0.29) is 17.7 Å². The Bertz CT molecular complexity index is 479. The molecule has 0 spiro atoms. The van der Waals surface area contributed by atoms with Gasteiger partial charge in [-0.15, -0.1) is 11.3 Å². The number of hydrogen-bond donors (Lipinski definition) is 1. The molecule has 1 N–H and O–H groups in total. The van der Waals surface area contributed by atoms with Crippen molar-refractivity contribution in [3.05, 3.63) is 22.4 Å². The molecule has 2 unspecified atom stereocenters. The molecule has 0 bridgehead atoms. The van der Waals surface area contributed by atoms with Crippen LogP contribution < -0.4 is 5.32 Å². The zero-order valence-electron chi connectivity index (χ0n) is 11.5. The van der Waals surface area contributed by atoms with E-state index in [0.717, 1.165) is 30.8 Å². The molecule has 1 aliphatic rings. The number of piperidine rings is 1. The van der Waals surface area contributed by atoms with Crippen LogP contribution in [0.4, 0.5) is 0 Å². The Balaban J connectivity index is 2.01. The van der Waals surface area contributed by atoms with Crippen molar-refractivity contribution in [3.63, 3.8) is 0 Å². The van der Waals surface area contributed by atoms with Gasteiger partial charge in [0.2, 0.25) is 10.0 Å². The molecule has 2 atom stereocenters. The highest BCUT2D eigenvalue weighted by Crippen LogP contribution is 2.26. The molecule has 19 heavy (non-hydrogen) atoms. The number of hydrogen-bond acceptors (Lipinski definition) is 4. The summed E-state index contributed by atoms with van der Waals surface area (Å²) in [6, 6.07) is 3.87. The minimum atomic E-state index is -3.19. The molecule has 0 saturated carbocycles. The van der Waals surface area contributed by atoms with Gasteiger partial charge in [-0.25, -0.2) is 8.42 Å². The zero-order valence-corrected chi connectivity index (χ0v) is 13.1. The van der Waals surface area contributed by atoms with Crippen LogP contribution >= 0.6 is 11.3 Å². The Hall–Kier alpha value is -0.430. The van der Waals surface area contributed by atoms with Crippen LogP contribution in [0.5, 0.6) is 0 Å². The summed E-state index contributed by atoms with van der Waals surface area (Å²) in [6.07, 6.45) is 2.08. The Morgan fingerprint density at radius 2 is 2.37 bits per heavy atom. The van der Waals surface area contributed by atoms with Gasteiger partial charge in [0.25, 0.3) is 0 Å². The van der Waals surface area contributed by atoms with E-state index in [4.69, 9.17) is 0 Å². The second-order valence-corrected chi connectivity index (χ2v) is 8.25. The third kappa shape index (κ3) is 3.78. The van der Waals surface area contributed by atoms with Gasteiger partial charge in [-0.1, -0.05) is 6.07 Å². The van der Waals surface area contributed by atoms with E-state index in [1.807, 2.05) is 24.4 Å². The topological polar surface area (TPSA) is 49.4 Å². The lowest BCUT2D eigenvalue weighted by molar-refractivity contribution is 0.372. The fourth-order valence-electron chi connectivity index (χ4n) is 2.43. The Labute approximate surface area is 119 Å². The van der Waals surface area contributed by atoms with Crippen LogP contribution in [0.3, 0.4) is 0 Å². The van der Waals surface area contributed by atoms with Crippen molar-refractivity contribution in [3.8, 4) is 0 Å². The zero-order chi connectivity index (χ0) is 13.9. The maximum absolute atomic E-state index is 12.4. The number of sulfonamides is 1. The summed E-state index contributed by atoms with van der Waals surface area (Å²) in [4.78, 5) is 1.09. The van der Waals surface area contributed by atoms with Gasteiger partial charge >= 0.3 is 0 Å². The third-order valence-electron chi connectivity index (χ3n) is 3.78. The molecule has 1 aromatic heterocycles. The van der Waals surface area contributed by atoms with E-state index in [2.05, 4.69) is 5.32 Å². The Morgan fingerprint density at radius 3 is 2.95 bits per heavy atom. The lowest BCUT2D eigenvalue weighted by Crippen LogP contribution is -2.39. The quantitative estimate of drug-likeness (QED) is 0.906. The van der Waals surface area contributed by atoms with Crippen LogP contribution in [0.25, 0.3) is 0 Å². The monoisotopic (exact) mass is 302 g/mol. The summed E-state index contributed by atoms with van der Waals surface area (Å²) >= 11 is 1.60. The van der Waals surface area contributed by atoms with Crippen molar-refractivity contribution in [2.24, 2.45) is 5.92 Å². The Kier molecular flexibility index (Phi) is 5.00. The van der Waals surface area contributed by atoms with Crippen LogP contribution in [0.15, 0.2) is 17.5 Å². The van der Waals surface area contributed by atoms with Crippen LogP contribution in [-0.4, -0.2) is 38.6 Å². The lowest BCUT2D eigenvalue weighted by atomic mass is 10.0. The van der Waals surface area contributed by atoms with Gasteiger partial charge in [0.15, 0.2) is 0 Å². The molecule has 0 amide bonds. The number of thiophene rings is 1. The first-order chi connectivity index (χ1) is 9.00. The molecule has 4 nitrogen and oxygen atoms in total. The van der Waals surface area contributed by atoms with Crippen LogP contribution in [-0.2, 0) is 10.0 Å². The van der Waals surface area contributed by atoms with Crippen molar-refractivity contribution >= 4 is 21.4 Å². The molecule has 1 aromatic rings. The molecule has 2 rings (SSSR count). The number of nitrogens with one attached hydrogen (secondary N) is 1. The van der Waals surface area contributed by atoms with Crippen molar-refractivity contribution in [2.75, 3.05) is 25.9 Å². The summed E-state index contributed by atoms with van der Waals surface area (Å²) in [5, 5.41) is 5.26. The summed E-state index contributed by atoms with van der Waals surface area (Å²) in [5.74, 6) is 0.503. The molecule has 6 heteroatoms. The SMILES string of the molecule is CC(c1cccs1)N(C)S(=O)(=O)CC1CCCNC1. The average Bonchev–Trinajstić information content (AvgIpc) is 2.91. The standard InChI is InChI=1S/C13H22N2O2S2/c1-11(13-6-4-8-18-13)15(2)19(16,17)10-12-5-3-7-14-9-12/h4,6,8,11-12,14H,3,5,7,9-10H2,1-2H3. The highest BCUT2D eigenvalue weighted by molar-refractivity contribution is 7.89. The van der Waals surface area contributed by atoms with Gasteiger partial charge in [0.05, 0.1) is 11.8 Å². The van der Waals surface area contributed by atoms with Crippen molar-refractivity contribution in [2.45, 2.75) is 25.8 Å². The molecule has 1 aliphatic heterocycles. The van der Waals surface area contributed by atoms with Gasteiger partial charge in [0, 0.05) is 11.9 Å². The average molecular weight is 302 g/mol. The molecule has 0 aromatic carbocycles. The summed E-state index contributed by atoms with van der Waals surface area (Å²) in [7, 11) is -1.49. The van der Waals surface area contributed by atoms with E-state index in [9.17, 15) is 8.42 Å². The first kappa shape index (κ1) is 15.0. The minimum Gasteiger partial charge on any atom is -0.316 e. The van der Waals surface area contributed by atoms with Crippen molar-refractivity contribution in [1.29, 1.82) is 0 Å². The second-order valence-electron chi connectivity index (χ2n) is 5.20. The fourth-order valence-corrected chi connectivity index (χ4v) is 5.03. The second kappa shape index (κ2) is 6.35. The predicted molar refractivity (Wildman–Crippen MR) is 79.9 cm³/mol. The molecular weight excluding hydrogens is 280 g/mol. The van der Waals surface area contributed by atoms with E-state index < -0.39 is 10.0 Å². The molecule has 1 fully saturated rings. The van der Waals surface area contributed by atoms with Crippen LogP contribution in [0.1, 0.15) is 30.7 Å². The summed E-state index contributed by atoms with van der Waals surface area (Å²) < 4.78 is 26.4. The number of nitrogens with zero attached hydrogens (tertiary/aromatic N) is 1. The fraction of sp³-hybridized carbons (Fsp3) is 0.692. The highest BCUT2D eigenvalue weighted by Gasteiger charge is 2.28. The molecule has 2 heterocycles. The van der Waals surface area contributed by atoms with Gasteiger partial charge in [-0.05, 0) is 50.2 Å². The minimum absolute atomic E-state index is 0.0819. The van der Waals surface area contributed by atoms with E-state index in [1.54, 1.807) is 18.4 Å². The first-order valence-electron chi connectivity index (χ1n) is 6.70. The summed E-state index contributed by atoms with van der Waals surface area (Å²) in [6.45, 7) is 3.78.